The van der Waals surface area contributed by atoms with Gasteiger partial charge >= 0.3 is 11.9 Å². The molecule has 0 amide bonds. The molecule has 2 aliphatic heterocycles. The van der Waals surface area contributed by atoms with Crippen molar-refractivity contribution in [1.29, 1.82) is 0 Å². The zero-order valence-electron chi connectivity index (χ0n) is 12.3. The summed E-state index contributed by atoms with van der Waals surface area (Å²) in [7, 11) is 0. The van der Waals surface area contributed by atoms with Crippen molar-refractivity contribution in [2.24, 2.45) is 11.8 Å². The molecule has 0 aromatic carbocycles. The standard InChI is InChI=1S/C16H22O5/c1-2-10-11-5-6-12(20-11)15(10)16(7-3-4-8-16)21-14(19)9-13(17)18/h5-6,10-12,15H,2-4,7-9H2,1H3,(H,17,18). The zero-order valence-corrected chi connectivity index (χ0v) is 12.3. The lowest BCUT2D eigenvalue weighted by Crippen LogP contribution is -2.47. The van der Waals surface area contributed by atoms with Gasteiger partial charge in [0.2, 0.25) is 0 Å². The molecule has 0 aromatic heterocycles. The SMILES string of the molecule is CCC1C2C=CC(O2)C1C1(OC(=O)CC(=O)O)CCCC1. The van der Waals surface area contributed by atoms with E-state index in [0.29, 0.717) is 5.92 Å². The maximum Gasteiger partial charge on any atom is 0.317 e. The number of carbonyl (C=O) groups is 2. The van der Waals surface area contributed by atoms with Crippen molar-refractivity contribution < 1.29 is 24.2 Å². The third kappa shape index (κ3) is 2.48. The number of ether oxygens (including phenoxy) is 2. The van der Waals surface area contributed by atoms with Crippen LogP contribution < -0.4 is 0 Å². The van der Waals surface area contributed by atoms with Crippen molar-refractivity contribution in [3.8, 4) is 0 Å². The molecule has 5 heteroatoms. The molecule has 5 nitrogen and oxygen atoms in total. The third-order valence-electron chi connectivity index (χ3n) is 5.18. The predicted octanol–water partition coefficient (Wildman–Crippen LogP) is 2.30. The molecule has 116 valence electrons. The fourth-order valence-electron chi connectivity index (χ4n) is 4.43. The maximum atomic E-state index is 11.9. The second kappa shape index (κ2) is 5.44. The fourth-order valence-corrected chi connectivity index (χ4v) is 4.43. The monoisotopic (exact) mass is 294 g/mol. The number of hydrogen-bond acceptors (Lipinski definition) is 4. The minimum Gasteiger partial charge on any atom is -0.481 e. The average Bonchev–Trinajstić information content (AvgIpc) is 3.11. The summed E-state index contributed by atoms with van der Waals surface area (Å²) < 4.78 is 11.7. The van der Waals surface area contributed by atoms with Crippen LogP contribution in [-0.2, 0) is 19.1 Å². The van der Waals surface area contributed by atoms with Crippen LogP contribution in [0.5, 0.6) is 0 Å². The van der Waals surface area contributed by atoms with Crippen LogP contribution in [0.3, 0.4) is 0 Å². The van der Waals surface area contributed by atoms with Gasteiger partial charge in [0, 0.05) is 5.92 Å². The number of carbonyl (C=O) groups excluding carboxylic acids is 1. The molecular formula is C16H22O5. The number of aliphatic carboxylic acids is 1. The molecule has 1 saturated heterocycles. The normalized spacial score (nSPS) is 36.0. The second-order valence-electron chi connectivity index (χ2n) is 6.36. The van der Waals surface area contributed by atoms with E-state index < -0.39 is 24.0 Å². The fraction of sp³-hybridized carbons (Fsp3) is 0.750. The van der Waals surface area contributed by atoms with Gasteiger partial charge in [-0.1, -0.05) is 19.1 Å². The number of carboxylic acids is 1. The van der Waals surface area contributed by atoms with Crippen molar-refractivity contribution in [3.63, 3.8) is 0 Å². The molecular weight excluding hydrogens is 272 g/mol. The molecule has 21 heavy (non-hydrogen) atoms. The van der Waals surface area contributed by atoms with E-state index in [2.05, 4.69) is 19.1 Å². The van der Waals surface area contributed by atoms with Gasteiger partial charge in [0.1, 0.15) is 12.0 Å². The molecule has 1 aliphatic carbocycles. The first-order chi connectivity index (χ1) is 10.1. The molecule has 4 atom stereocenters. The van der Waals surface area contributed by atoms with Gasteiger partial charge < -0.3 is 14.6 Å². The number of rotatable bonds is 5. The van der Waals surface area contributed by atoms with E-state index >= 15 is 0 Å². The zero-order chi connectivity index (χ0) is 15.0. The van der Waals surface area contributed by atoms with E-state index in [1.54, 1.807) is 0 Å². The van der Waals surface area contributed by atoms with Gasteiger partial charge in [0.05, 0.1) is 12.2 Å². The first kappa shape index (κ1) is 14.6. The Morgan fingerprint density at radius 2 is 1.95 bits per heavy atom. The summed E-state index contributed by atoms with van der Waals surface area (Å²) in [6.07, 6.45) is 8.42. The van der Waals surface area contributed by atoms with Gasteiger partial charge in [0.25, 0.3) is 0 Å². The maximum absolute atomic E-state index is 11.9. The van der Waals surface area contributed by atoms with E-state index in [1.165, 1.54) is 0 Å². The highest BCUT2D eigenvalue weighted by Gasteiger charge is 2.57. The molecule has 0 spiro atoms. The molecule has 0 radical (unpaired) electrons. The first-order valence-electron chi connectivity index (χ1n) is 7.83. The molecule has 1 saturated carbocycles. The number of fused-ring (bicyclic) bond motifs is 2. The van der Waals surface area contributed by atoms with Gasteiger partial charge in [0.15, 0.2) is 0 Å². The molecule has 2 fully saturated rings. The Morgan fingerprint density at radius 3 is 2.57 bits per heavy atom. The Bertz CT molecular complexity index is 463. The van der Waals surface area contributed by atoms with Crippen molar-refractivity contribution in [2.45, 2.75) is 63.3 Å². The molecule has 0 aromatic rings. The van der Waals surface area contributed by atoms with Crippen molar-refractivity contribution in [1.82, 2.24) is 0 Å². The van der Waals surface area contributed by atoms with Gasteiger partial charge in [-0.25, -0.2) is 0 Å². The highest BCUT2D eigenvalue weighted by Crippen LogP contribution is 2.53. The molecule has 3 rings (SSSR count). The van der Waals surface area contributed by atoms with Crippen LogP contribution in [0.1, 0.15) is 45.4 Å². The Labute approximate surface area is 124 Å². The van der Waals surface area contributed by atoms with Crippen LogP contribution in [0.4, 0.5) is 0 Å². The smallest absolute Gasteiger partial charge is 0.317 e. The lowest BCUT2D eigenvalue weighted by molar-refractivity contribution is -0.171. The first-order valence-corrected chi connectivity index (χ1v) is 7.83. The van der Waals surface area contributed by atoms with E-state index in [1.807, 2.05) is 0 Å². The molecule has 2 heterocycles. The predicted molar refractivity (Wildman–Crippen MR) is 74.6 cm³/mol. The van der Waals surface area contributed by atoms with E-state index in [9.17, 15) is 9.59 Å². The largest absolute Gasteiger partial charge is 0.481 e. The summed E-state index contributed by atoms with van der Waals surface area (Å²) >= 11 is 0. The van der Waals surface area contributed by atoms with Crippen molar-refractivity contribution in [2.75, 3.05) is 0 Å². The summed E-state index contributed by atoms with van der Waals surface area (Å²) in [5, 5.41) is 8.77. The Kier molecular flexibility index (Phi) is 3.78. The second-order valence-corrected chi connectivity index (χ2v) is 6.36. The Morgan fingerprint density at radius 1 is 1.29 bits per heavy atom. The lowest BCUT2D eigenvalue weighted by Gasteiger charge is -2.40. The van der Waals surface area contributed by atoms with Gasteiger partial charge in [-0.2, -0.15) is 0 Å². The third-order valence-corrected chi connectivity index (χ3v) is 5.18. The number of carboxylic acid groups (broad SMARTS) is 1. The van der Waals surface area contributed by atoms with Crippen LogP contribution in [0.25, 0.3) is 0 Å². The molecule has 3 aliphatic rings. The van der Waals surface area contributed by atoms with Gasteiger partial charge in [-0.15, -0.1) is 0 Å². The highest BCUT2D eigenvalue weighted by molar-refractivity contribution is 5.90. The Balaban J connectivity index is 1.82. The number of hydrogen-bond donors (Lipinski definition) is 1. The summed E-state index contributed by atoms with van der Waals surface area (Å²) in [6.45, 7) is 2.14. The van der Waals surface area contributed by atoms with Crippen LogP contribution in [0.15, 0.2) is 12.2 Å². The average molecular weight is 294 g/mol. The summed E-state index contributed by atoms with van der Waals surface area (Å²) in [4.78, 5) is 22.6. The lowest BCUT2D eigenvalue weighted by atomic mass is 9.70. The van der Waals surface area contributed by atoms with E-state index in [4.69, 9.17) is 14.6 Å². The minimum absolute atomic E-state index is 0.00989. The summed E-state index contributed by atoms with van der Waals surface area (Å²) in [5.41, 5.74) is -0.530. The van der Waals surface area contributed by atoms with E-state index in [-0.39, 0.29) is 18.1 Å². The van der Waals surface area contributed by atoms with Crippen molar-refractivity contribution in [3.05, 3.63) is 12.2 Å². The van der Waals surface area contributed by atoms with Crippen LogP contribution in [-0.4, -0.2) is 34.9 Å². The topological polar surface area (TPSA) is 72.8 Å². The quantitative estimate of drug-likeness (QED) is 0.478. The van der Waals surface area contributed by atoms with Crippen LogP contribution in [0, 0.1) is 11.8 Å². The molecule has 2 bridgehead atoms. The summed E-state index contributed by atoms with van der Waals surface area (Å²) in [6, 6.07) is 0. The van der Waals surface area contributed by atoms with Crippen LogP contribution >= 0.6 is 0 Å². The Hall–Kier alpha value is -1.36. The molecule has 4 unspecified atom stereocenters. The number of esters is 1. The van der Waals surface area contributed by atoms with Crippen molar-refractivity contribution >= 4 is 11.9 Å². The minimum atomic E-state index is -1.13. The van der Waals surface area contributed by atoms with Crippen LogP contribution in [0.2, 0.25) is 0 Å². The molecule has 1 N–H and O–H groups in total. The summed E-state index contributed by atoms with van der Waals surface area (Å²) in [5.74, 6) is -1.23. The van der Waals surface area contributed by atoms with Gasteiger partial charge in [-0.05, 0) is 38.0 Å². The van der Waals surface area contributed by atoms with E-state index in [0.717, 1.165) is 32.1 Å². The van der Waals surface area contributed by atoms with Gasteiger partial charge in [-0.3, -0.25) is 9.59 Å². The highest BCUT2D eigenvalue weighted by atomic mass is 16.6.